The van der Waals surface area contributed by atoms with Crippen molar-refractivity contribution in [3.8, 4) is 0 Å². The van der Waals surface area contributed by atoms with E-state index in [4.69, 9.17) is 0 Å². The molecule has 34 heavy (non-hydrogen) atoms. The zero-order chi connectivity index (χ0) is 23.5. The topological polar surface area (TPSA) is 145 Å². The first-order valence-corrected chi connectivity index (χ1v) is 9.55. The molecule has 0 aromatic heterocycles. The van der Waals surface area contributed by atoms with Gasteiger partial charge >= 0.3 is 19.5 Å². The monoisotopic (exact) mass is 541 g/mol. The molecular weight excluding hydrogens is 529 g/mol. The van der Waals surface area contributed by atoms with E-state index >= 15 is 0 Å². The van der Waals surface area contributed by atoms with Crippen LogP contribution in [0.1, 0.15) is 62.1 Å². The second-order valence-corrected chi connectivity index (χ2v) is 6.80. The number of fused-ring (bicyclic) bond motifs is 3. The summed E-state index contributed by atoms with van der Waals surface area (Å²) >= 11 is 0. The van der Waals surface area contributed by atoms with Gasteiger partial charge in [-0.05, 0) is 0 Å². The Morgan fingerprint density at radius 3 is 0.618 bits per heavy atom. The van der Waals surface area contributed by atoms with Crippen LogP contribution in [0.2, 0.25) is 0 Å². The van der Waals surface area contributed by atoms with E-state index in [1.807, 2.05) is 0 Å². The molecule has 0 N–H and O–H groups in total. The second-order valence-electron chi connectivity index (χ2n) is 6.80. The Morgan fingerprint density at radius 2 is 0.471 bits per heavy atom. The molecule has 0 atom stereocenters. The zero-order valence-corrected chi connectivity index (χ0v) is 18.7. The number of amides is 6. The van der Waals surface area contributed by atoms with Gasteiger partial charge in [0, 0.05) is 33.4 Å². The molecule has 0 unspecified atom stereocenters. The molecule has 9 nitrogen and oxygen atoms in total. The molecule has 168 valence electrons. The Labute approximate surface area is 205 Å². The van der Waals surface area contributed by atoms with Crippen LogP contribution < -0.4 is 0 Å². The van der Waals surface area contributed by atoms with E-state index in [-0.39, 0.29) is 19.5 Å². The van der Waals surface area contributed by atoms with Gasteiger partial charge in [-0.25, -0.2) is 0 Å². The van der Waals surface area contributed by atoms with E-state index < -0.39 is 35.4 Å². The molecule has 0 fully saturated rings. The smallest absolute Gasteiger partial charge is 0.587 e. The summed E-state index contributed by atoms with van der Waals surface area (Å²) in [6.07, 6.45) is 0. The minimum atomic E-state index is -0.425. The minimum absolute atomic E-state index is 0. The molecule has 3 aliphatic rings. The maximum Gasteiger partial charge on any atom is 3.00 e. The molecule has 6 rings (SSSR count). The molecule has 0 radical (unpaired) electrons. The molecule has 3 aliphatic heterocycles. The van der Waals surface area contributed by atoms with Gasteiger partial charge in [0.1, 0.15) is 0 Å². The van der Waals surface area contributed by atoms with Crippen LogP contribution in [0.3, 0.4) is 0 Å². The SMILES string of the molecule is O=C1[N-]C(=O)c2ccccc21.O=C1[N-]C(=O)c2ccccc21.O=C1[N-]C(=O)c2ccccc21.[Rh+3]. The van der Waals surface area contributed by atoms with Gasteiger partial charge in [0.15, 0.2) is 0 Å². The molecule has 6 amide bonds. The first-order chi connectivity index (χ1) is 15.9. The number of rotatable bonds is 0. The van der Waals surface area contributed by atoms with Gasteiger partial charge < -0.3 is 44.7 Å². The van der Waals surface area contributed by atoms with Gasteiger partial charge in [-0.1, -0.05) is 72.8 Å². The molecule has 0 saturated heterocycles. The van der Waals surface area contributed by atoms with Crippen molar-refractivity contribution in [2.45, 2.75) is 0 Å². The van der Waals surface area contributed by atoms with E-state index in [1.54, 1.807) is 72.8 Å². The van der Waals surface area contributed by atoms with E-state index in [1.165, 1.54) is 0 Å². The van der Waals surface area contributed by atoms with Crippen LogP contribution in [0.4, 0.5) is 0 Å². The molecule has 10 heteroatoms. The molecule has 3 aromatic carbocycles. The average molecular weight is 541 g/mol. The summed E-state index contributed by atoms with van der Waals surface area (Å²) in [5.74, 6) is -2.55. The molecular formula is C24H12N3O6Rh. The van der Waals surface area contributed by atoms with E-state index in [9.17, 15) is 28.8 Å². The quantitative estimate of drug-likeness (QED) is 0.310. The number of imide groups is 3. The van der Waals surface area contributed by atoms with E-state index in [2.05, 4.69) is 16.0 Å². The summed E-state index contributed by atoms with van der Waals surface area (Å²) in [5.41, 5.74) is 2.49. The molecule has 0 aliphatic carbocycles. The fourth-order valence-corrected chi connectivity index (χ4v) is 3.21. The molecule has 3 heterocycles. The fourth-order valence-electron chi connectivity index (χ4n) is 3.21. The van der Waals surface area contributed by atoms with Crippen LogP contribution in [-0.2, 0) is 19.5 Å². The Bertz CT molecular complexity index is 1100. The largest absolute Gasteiger partial charge is 3.00 e. The van der Waals surface area contributed by atoms with Gasteiger partial charge in [-0.3, -0.25) is 0 Å². The van der Waals surface area contributed by atoms with Crippen molar-refractivity contribution in [2.24, 2.45) is 0 Å². The number of benzene rings is 3. The maximum atomic E-state index is 10.9. The number of hydrogen-bond acceptors (Lipinski definition) is 6. The zero-order valence-electron chi connectivity index (χ0n) is 17.1. The number of nitrogens with zero attached hydrogens (tertiary/aromatic N) is 3. The van der Waals surface area contributed by atoms with Gasteiger partial charge in [-0.2, -0.15) is 0 Å². The summed E-state index contributed by atoms with van der Waals surface area (Å²) < 4.78 is 0. The average Bonchev–Trinajstić information content (AvgIpc) is 3.41. The molecule has 0 saturated carbocycles. The van der Waals surface area contributed by atoms with Crippen LogP contribution in [-0.4, -0.2) is 35.4 Å². The second kappa shape index (κ2) is 10.1. The van der Waals surface area contributed by atoms with E-state index in [0.29, 0.717) is 33.4 Å². The van der Waals surface area contributed by atoms with Gasteiger partial charge in [0.25, 0.3) is 0 Å². The van der Waals surface area contributed by atoms with Crippen LogP contribution in [0.15, 0.2) is 72.8 Å². The van der Waals surface area contributed by atoms with Gasteiger partial charge in [0.05, 0.1) is 35.4 Å². The number of hydrogen-bond donors (Lipinski definition) is 0. The number of carbonyl (C=O) groups is 6. The number of carbonyl (C=O) groups excluding carboxylic acids is 6. The summed E-state index contributed by atoms with van der Waals surface area (Å²) in [6, 6.07) is 19.9. The van der Waals surface area contributed by atoms with Crippen molar-refractivity contribution in [2.75, 3.05) is 0 Å². The van der Waals surface area contributed by atoms with Crippen LogP contribution in [0.25, 0.3) is 16.0 Å². The summed E-state index contributed by atoms with van der Waals surface area (Å²) in [6.45, 7) is 0. The summed E-state index contributed by atoms with van der Waals surface area (Å²) in [5, 5.41) is 9.84. The molecule has 0 bridgehead atoms. The minimum Gasteiger partial charge on any atom is -0.587 e. The molecule has 3 aromatic rings. The first-order valence-electron chi connectivity index (χ1n) is 9.55. The van der Waals surface area contributed by atoms with Crippen molar-refractivity contribution in [1.82, 2.24) is 0 Å². The fraction of sp³-hybridized carbons (Fsp3) is 0. The van der Waals surface area contributed by atoms with E-state index in [0.717, 1.165) is 0 Å². The summed E-state index contributed by atoms with van der Waals surface area (Å²) in [4.78, 5) is 65.3. The third-order valence-electron chi connectivity index (χ3n) is 4.77. The van der Waals surface area contributed by atoms with Crippen molar-refractivity contribution < 1.29 is 48.2 Å². The van der Waals surface area contributed by atoms with Gasteiger partial charge in [-0.15, -0.1) is 0 Å². The van der Waals surface area contributed by atoms with Crippen LogP contribution in [0, 0.1) is 0 Å². The molecule has 0 spiro atoms. The maximum absolute atomic E-state index is 10.9. The standard InChI is InChI=1S/3C8H5NO2.Rh/c3*10-7-5-3-1-2-4-6(5)8(11)9-7;/h3*1-4H,(H,9,10,11);/q;;;+3/p-3. The Balaban J connectivity index is 0.000000141. The van der Waals surface area contributed by atoms with Gasteiger partial charge in [0.2, 0.25) is 0 Å². The predicted octanol–water partition coefficient (Wildman–Crippen LogP) is 4.06. The third kappa shape index (κ3) is 4.72. The van der Waals surface area contributed by atoms with Crippen molar-refractivity contribution in [3.63, 3.8) is 0 Å². The van der Waals surface area contributed by atoms with Crippen molar-refractivity contribution in [1.29, 1.82) is 0 Å². The Morgan fingerprint density at radius 1 is 0.324 bits per heavy atom. The Kier molecular flexibility index (Phi) is 7.23. The predicted molar refractivity (Wildman–Crippen MR) is 115 cm³/mol. The van der Waals surface area contributed by atoms with Crippen LogP contribution >= 0.6 is 0 Å². The van der Waals surface area contributed by atoms with Crippen LogP contribution in [0.5, 0.6) is 0 Å². The van der Waals surface area contributed by atoms with Crippen molar-refractivity contribution >= 4 is 35.4 Å². The third-order valence-corrected chi connectivity index (χ3v) is 4.77. The normalized spacial score (nSPS) is 14.1. The summed E-state index contributed by atoms with van der Waals surface area (Å²) in [7, 11) is 0. The first kappa shape index (κ1) is 24.3. The van der Waals surface area contributed by atoms with Crippen molar-refractivity contribution in [3.05, 3.63) is 122 Å². The Hall–Kier alpha value is -4.30.